The summed E-state index contributed by atoms with van der Waals surface area (Å²) in [5, 5.41) is 0. The van der Waals surface area contributed by atoms with E-state index < -0.39 is 40.0 Å². The molecule has 0 aromatic rings. The van der Waals surface area contributed by atoms with E-state index in [2.05, 4.69) is 0 Å². The van der Waals surface area contributed by atoms with Gasteiger partial charge in [-0.05, 0) is 0 Å². The van der Waals surface area contributed by atoms with Crippen LogP contribution in [0.4, 0.5) is 0 Å². The molecule has 11 heavy (non-hydrogen) atoms. The minimum Gasteiger partial charge on any atom is -0.449 e. The lowest BCUT2D eigenvalue weighted by molar-refractivity contribution is 0.347. The molecule has 1 rings (SSSR count). The average molecular weight is 263 g/mol. The quantitative estimate of drug-likeness (QED) is 0.463. The van der Waals surface area contributed by atoms with Crippen LogP contribution < -0.4 is 0 Å². The van der Waals surface area contributed by atoms with Gasteiger partial charge in [0.25, 0.3) is 40.0 Å². The zero-order valence-corrected chi connectivity index (χ0v) is 16.5. The lowest BCUT2D eigenvalue weighted by Gasteiger charge is -2.10. The Morgan fingerprint density at radius 1 is 0.909 bits per heavy atom. The Hall–Kier alpha value is 1.10. The molecule has 0 spiro atoms. The first-order valence-electron chi connectivity index (χ1n) is 3.13. The van der Waals surface area contributed by atoms with E-state index >= 15 is 0 Å². The van der Waals surface area contributed by atoms with Crippen molar-refractivity contribution >= 4 is 61.0 Å². The van der Waals surface area contributed by atoms with Gasteiger partial charge in [0.1, 0.15) is 21.0 Å². The maximum atomic E-state index is 4.94. The van der Waals surface area contributed by atoms with Gasteiger partial charge in [-0.3, -0.25) is 0 Å². The Labute approximate surface area is 81.8 Å². The SMILES string of the molecule is O1[SiH2]O[SiH2]O[SiH2]1.[SiH3]O[SiH2]O[SiH3]. The first kappa shape index (κ1) is 12.1. The smallest absolute Gasteiger partial charge is 0.286 e. The Morgan fingerprint density at radius 3 is 1.36 bits per heavy atom. The third-order valence-corrected chi connectivity index (χ3v) is 6.62. The Kier molecular flexibility index (Phi) is 12.2. The van der Waals surface area contributed by atoms with Gasteiger partial charge < -0.3 is 20.6 Å². The van der Waals surface area contributed by atoms with Crippen LogP contribution in [0.3, 0.4) is 0 Å². The van der Waals surface area contributed by atoms with Crippen molar-refractivity contribution in [3.63, 3.8) is 0 Å². The molecule has 0 aromatic carbocycles. The van der Waals surface area contributed by atoms with E-state index in [4.69, 9.17) is 20.6 Å². The fourth-order valence-corrected chi connectivity index (χ4v) is 8.87. The second kappa shape index (κ2) is 11.1. The van der Waals surface area contributed by atoms with Crippen LogP contribution in [0.15, 0.2) is 0 Å². The zero-order valence-electron chi connectivity index (χ0n) is 6.87. The molecular formula is H14O5Si6. The van der Waals surface area contributed by atoms with Gasteiger partial charge in [-0.15, -0.1) is 0 Å². The maximum Gasteiger partial charge on any atom is 0.286 e. The molecule has 0 radical (unpaired) electrons. The van der Waals surface area contributed by atoms with E-state index in [1.165, 1.54) is 0 Å². The maximum absolute atomic E-state index is 4.94. The fraction of sp³-hybridized carbons (Fsp3) is 0. The largest absolute Gasteiger partial charge is 0.449 e. The van der Waals surface area contributed by atoms with Crippen molar-refractivity contribution < 1.29 is 20.6 Å². The highest BCUT2D eigenvalue weighted by Gasteiger charge is 1.96. The summed E-state index contributed by atoms with van der Waals surface area (Å²) in [6.45, 7) is 0. The molecule has 0 aliphatic carbocycles. The van der Waals surface area contributed by atoms with Gasteiger partial charge in [0.15, 0.2) is 0 Å². The summed E-state index contributed by atoms with van der Waals surface area (Å²) in [4.78, 5) is 0. The van der Waals surface area contributed by atoms with Gasteiger partial charge in [-0.25, -0.2) is 0 Å². The van der Waals surface area contributed by atoms with Crippen LogP contribution in [0.2, 0.25) is 0 Å². The summed E-state index contributed by atoms with van der Waals surface area (Å²) < 4.78 is 24.4. The van der Waals surface area contributed by atoms with Crippen LogP contribution >= 0.6 is 0 Å². The molecule has 0 atom stereocenters. The second-order valence-corrected chi connectivity index (χ2v) is 12.1. The van der Waals surface area contributed by atoms with E-state index in [1.807, 2.05) is 0 Å². The highest BCUT2D eigenvalue weighted by Crippen LogP contribution is 1.78. The van der Waals surface area contributed by atoms with Gasteiger partial charge in [0.05, 0.1) is 0 Å². The number of hydrogen-bond donors (Lipinski definition) is 0. The molecule has 0 bridgehead atoms. The predicted molar refractivity (Wildman–Crippen MR) is 59.5 cm³/mol. The van der Waals surface area contributed by atoms with Gasteiger partial charge in [0, 0.05) is 0 Å². The highest BCUT2D eigenvalue weighted by atomic mass is 28.4. The van der Waals surface area contributed by atoms with Crippen LogP contribution in [0.1, 0.15) is 0 Å². The van der Waals surface area contributed by atoms with Crippen molar-refractivity contribution in [2.24, 2.45) is 0 Å². The lowest BCUT2D eigenvalue weighted by Crippen LogP contribution is -2.23. The standard InChI is InChI=1S/H6O3Si3.H8O2Si3/c1-4-2-6-3-5-1;3-1-5-2-4/h4-6H2;5H2,3-4H3. The Bertz CT molecular complexity index is 50.5. The molecule has 1 aliphatic rings. The van der Waals surface area contributed by atoms with Gasteiger partial charge in [-0.1, -0.05) is 0 Å². The molecule has 1 aliphatic heterocycles. The van der Waals surface area contributed by atoms with Crippen LogP contribution in [0, 0.1) is 0 Å². The molecular weight excluding hydrogens is 249 g/mol. The second-order valence-electron chi connectivity index (χ2n) is 1.66. The van der Waals surface area contributed by atoms with Crippen LogP contribution in [-0.4, -0.2) is 61.0 Å². The summed E-state index contributed by atoms with van der Waals surface area (Å²) in [6, 6.07) is 0. The van der Waals surface area contributed by atoms with Crippen LogP contribution in [0.5, 0.6) is 0 Å². The summed E-state index contributed by atoms with van der Waals surface area (Å²) in [5.74, 6) is 0. The molecule has 0 unspecified atom stereocenters. The Morgan fingerprint density at radius 2 is 1.27 bits per heavy atom. The molecule has 0 N–H and O–H groups in total. The summed E-state index contributed by atoms with van der Waals surface area (Å²) >= 11 is 0. The molecule has 5 nitrogen and oxygen atoms in total. The van der Waals surface area contributed by atoms with Gasteiger partial charge in [-0.2, -0.15) is 0 Å². The van der Waals surface area contributed by atoms with E-state index in [9.17, 15) is 0 Å². The minimum absolute atomic E-state index is 0.444. The summed E-state index contributed by atoms with van der Waals surface area (Å²) in [7, 11) is -0.208. The Balaban J connectivity index is 0.000000187. The van der Waals surface area contributed by atoms with E-state index in [-0.39, 0.29) is 0 Å². The van der Waals surface area contributed by atoms with Crippen molar-refractivity contribution in [2.75, 3.05) is 0 Å². The summed E-state index contributed by atoms with van der Waals surface area (Å²) in [5.41, 5.74) is 0. The number of hydrogen-bond acceptors (Lipinski definition) is 5. The third kappa shape index (κ3) is 11.1. The summed E-state index contributed by atoms with van der Waals surface area (Å²) in [6.07, 6.45) is 0. The molecule has 11 heteroatoms. The molecule has 1 saturated heterocycles. The topological polar surface area (TPSA) is 46.2 Å². The van der Waals surface area contributed by atoms with E-state index in [1.54, 1.807) is 0 Å². The number of rotatable bonds is 2. The third-order valence-electron chi connectivity index (χ3n) is 0.736. The molecule has 0 saturated carbocycles. The molecule has 1 heterocycles. The molecule has 1 fully saturated rings. The first-order chi connectivity index (χ1) is 5.41. The monoisotopic (exact) mass is 262 g/mol. The molecule has 0 amide bonds. The van der Waals surface area contributed by atoms with E-state index in [0.29, 0.717) is 0 Å². The first-order valence-corrected chi connectivity index (χ1v) is 9.38. The van der Waals surface area contributed by atoms with Crippen molar-refractivity contribution in [1.82, 2.24) is 0 Å². The lowest BCUT2D eigenvalue weighted by atomic mass is 15.7. The normalized spacial score (nSPS) is 25.1. The van der Waals surface area contributed by atoms with Crippen molar-refractivity contribution in [3.05, 3.63) is 0 Å². The predicted octanol–water partition coefficient (Wildman–Crippen LogP) is -6.37. The fourth-order valence-electron chi connectivity index (χ4n) is 0.397. The molecule has 68 valence electrons. The zero-order chi connectivity index (χ0) is 8.36. The van der Waals surface area contributed by atoms with Crippen LogP contribution in [-0.2, 0) is 20.6 Å². The van der Waals surface area contributed by atoms with Crippen molar-refractivity contribution in [1.29, 1.82) is 0 Å². The molecule has 0 aromatic heterocycles. The average Bonchev–Trinajstić information content (AvgIpc) is 2.10. The minimum atomic E-state index is -0.493. The van der Waals surface area contributed by atoms with Crippen LogP contribution in [0.25, 0.3) is 0 Å². The van der Waals surface area contributed by atoms with Gasteiger partial charge >= 0.3 is 0 Å². The van der Waals surface area contributed by atoms with Gasteiger partial charge in [0.2, 0.25) is 0 Å². The van der Waals surface area contributed by atoms with E-state index in [0.717, 1.165) is 21.0 Å². The highest BCUT2D eigenvalue weighted by molar-refractivity contribution is 6.50. The van der Waals surface area contributed by atoms with Crippen molar-refractivity contribution in [3.8, 4) is 0 Å². The van der Waals surface area contributed by atoms with Crippen molar-refractivity contribution in [2.45, 2.75) is 0 Å².